The SMILES string of the molecule is Clc1ccccc1Cc1ccc(Oc2nccs2)cc1. The maximum atomic E-state index is 6.17. The average Bonchev–Trinajstić information content (AvgIpc) is 2.96. The summed E-state index contributed by atoms with van der Waals surface area (Å²) in [6.45, 7) is 0. The molecule has 0 unspecified atom stereocenters. The minimum atomic E-state index is 0.656. The van der Waals surface area contributed by atoms with E-state index in [0.29, 0.717) is 5.19 Å². The van der Waals surface area contributed by atoms with Crippen LogP contribution in [0.2, 0.25) is 5.02 Å². The molecule has 0 atom stereocenters. The number of hydrogen-bond donors (Lipinski definition) is 0. The van der Waals surface area contributed by atoms with Crippen molar-refractivity contribution in [3.05, 3.63) is 76.3 Å². The van der Waals surface area contributed by atoms with Gasteiger partial charge in [-0.05, 0) is 35.7 Å². The van der Waals surface area contributed by atoms with Crippen molar-refractivity contribution in [2.45, 2.75) is 6.42 Å². The topological polar surface area (TPSA) is 22.1 Å². The molecule has 1 aromatic heterocycles. The molecule has 2 nitrogen and oxygen atoms in total. The van der Waals surface area contributed by atoms with Crippen molar-refractivity contribution in [2.75, 3.05) is 0 Å². The van der Waals surface area contributed by atoms with Gasteiger partial charge in [0, 0.05) is 16.6 Å². The first-order valence-corrected chi connectivity index (χ1v) is 7.47. The van der Waals surface area contributed by atoms with E-state index in [-0.39, 0.29) is 0 Å². The van der Waals surface area contributed by atoms with Crippen molar-refractivity contribution in [3.63, 3.8) is 0 Å². The first-order chi connectivity index (χ1) is 9.81. The normalized spacial score (nSPS) is 10.4. The van der Waals surface area contributed by atoms with E-state index >= 15 is 0 Å². The smallest absolute Gasteiger partial charge is 0.278 e. The number of thiazole rings is 1. The number of hydrogen-bond acceptors (Lipinski definition) is 3. The molecule has 1 heterocycles. The summed E-state index contributed by atoms with van der Waals surface area (Å²) in [4.78, 5) is 4.09. The van der Waals surface area contributed by atoms with E-state index in [2.05, 4.69) is 4.98 Å². The van der Waals surface area contributed by atoms with Crippen molar-refractivity contribution >= 4 is 22.9 Å². The van der Waals surface area contributed by atoms with Crippen LogP contribution >= 0.6 is 22.9 Å². The molecule has 0 radical (unpaired) electrons. The molecule has 20 heavy (non-hydrogen) atoms. The lowest BCUT2D eigenvalue weighted by Crippen LogP contribution is -1.89. The van der Waals surface area contributed by atoms with Gasteiger partial charge in [0.15, 0.2) is 0 Å². The highest BCUT2D eigenvalue weighted by molar-refractivity contribution is 7.11. The van der Waals surface area contributed by atoms with E-state index in [1.807, 2.05) is 53.9 Å². The van der Waals surface area contributed by atoms with Crippen molar-refractivity contribution in [1.29, 1.82) is 0 Å². The number of aromatic nitrogens is 1. The molecule has 0 saturated carbocycles. The van der Waals surface area contributed by atoms with E-state index in [9.17, 15) is 0 Å². The third-order valence-electron chi connectivity index (χ3n) is 2.89. The summed E-state index contributed by atoms with van der Waals surface area (Å²) in [6.07, 6.45) is 2.54. The molecule has 0 bridgehead atoms. The van der Waals surface area contributed by atoms with Crippen molar-refractivity contribution < 1.29 is 4.74 Å². The zero-order valence-electron chi connectivity index (χ0n) is 10.6. The first-order valence-electron chi connectivity index (χ1n) is 6.21. The summed E-state index contributed by atoms with van der Waals surface area (Å²) in [6, 6.07) is 15.9. The monoisotopic (exact) mass is 301 g/mol. The molecule has 0 saturated heterocycles. The average molecular weight is 302 g/mol. The minimum absolute atomic E-state index is 0.656. The lowest BCUT2D eigenvalue weighted by Gasteiger charge is -2.06. The standard InChI is InChI=1S/C16H12ClNOS/c17-15-4-2-1-3-13(15)11-12-5-7-14(8-6-12)19-16-18-9-10-20-16/h1-10H,11H2. The second-order valence-corrected chi connectivity index (χ2v) is 5.58. The fraction of sp³-hybridized carbons (Fsp3) is 0.0625. The van der Waals surface area contributed by atoms with Crippen LogP contribution in [-0.4, -0.2) is 4.98 Å². The predicted molar refractivity (Wildman–Crippen MR) is 82.9 cm³/mol. The molecular weight excluding hydrogens is 290 g/mol. The molecule has 4 heteroatoms. The van der Waals surface area contributed by atoms with Crippen LogP contribution in [0.5, 0.6) is 10.9 Å². The molecule has 100 valence electrons. The molecule has 0 spiro atoms. The molecule has 0 amide bonds. The van der Waals surface area contributed by atoms with E-state index in [1.165, 1.54) is 16.9 Å². The van der Waals surface area contributed by atoms with Crippen LogP contribution in [0.25, 0.3) is 0 Å². The lowest BCUT2D eigenvalue weighted by molar-refractivity contribution is 0.478. The lowest BCUT2D eigenvalue weighted by atomic mass is 10.1. The summed E-state index contributed by atoms with van der Waals surface area (Å²) in [5, 5.41) is 3.35. The van der Waals surface area contributed by atoms with Gasteiger partial charge in [0.05, 0.1) is 0 Å². The number of rotatable bonds is 4. The Morgan fingerprint density at radius 1 is 1.05 bits per heavy atom. The summed E-state index contributed by atoms with van der Waals surface area (Å²) < 4.78 is 5.63. The molecule has 0 fully saturated rings. The highest BCUT2D eigenvalue weighted by Crippen LogP contribution is 2.25. The fourth-order valence-electron chi connectivity index (χ4n) is 1.90. The van der Waals surface area contributed by atoms with E-state index in [4.69, 9.17) is 16.3 Å². The van der Waals surface area contributed by atoms with Crippen LogP contribution in [0.4, 0.5) is 0 Å². The molecule has 0 aliphatic heterocycles. The Hall–Kier alpha value is -1.84. The van der Waals surface area contributed by atoms with Crippen molar-refractivity contribution in [2.24, 2.45) is 0 Å². The minimum Gasteiger partial charge on any atom is -0.431 e. The third kappa shape index (κ3) is 3.18. The van der Waals surface area contributed by atoms with Gasteiger partial charge in [0.25, 0.3) is 5.19 Å². The van der Waals surface area contributed by atoms with Gasteiger partial charge < -0.3 is 4.74 Å². The maximum Gasteiger partial charge on any atom is 0.278 e. The third-order valence-corrected chi connectivity index (χ3v) is 3.91. The fourth-order valence-corrected chi connectivity index (χ4v) is 2.61. The Morgan fingerprint density at radius 2 is 1.85 bits per heavy atom. The van der Waals surface area contributed by atoms with Gasteiger partial charge in [-0.15, -0.1) is 0 Å². The molecule has 0 aliphatic carbocycles. The van der Waals surface area contributed by atoms with Crippen LogP contribution in [0.15, 0.2) is 60.1 Å². The molecule has 0 aliphatic rings. The Bertz CT molecular complexity index is 680. The van der Waals surface area contributed by atoms with Crippen molar-refractivity contribution in [3.8, 4) is 10.9 Å². The molecular formula is C16H12ClNOS. The van der Waals surface area contributed by atoms with E-state index in [0.717, 1.165) is 22.8 Å². The molecule has 3 aromatic rings. The van der Waals surface area contributed by atoms with Gasteiger partial charge in [-0.2, -0.15) is 0 Å². The largest absolute Gasteiger partial charge is 0.431 e. The Morgan fingerprint density at radius 3 is 2.55 bits per heavy atom. The van der Waals surface area contributed by atoms with Gasteiger partial charge in [-0.3, -0.25) is 0 Å². The van der Waals surface area contributed by atoms with Gasteiger partial charge in [0.2, 0.25) is 0 Å². The van der Waals surface area contributed by atoms with Gasteiger partial charge in [-0.25, -0.2) is 4.98 Å². The van der Waals surface area contributed by atoms with Crippen LogP contribution in [0.1, 0.15) is 11.1 Å². The second kappa shape index (κ2) is 6.07. The number of ether oxygens (including phenoxy) is 1. The molecule has 3 rings (SSSR count). The van der Waals surface area contributed by atoms with Gasteiger partial charge in [-0.1, -0.05) is 53.3 Å². The highest BCUT2D eigenvalue weighted by atomic mass is 35.5. The van der Waals surface area contributed by atoms with Gasteiger partial charge >= 0.3 is 0 Å². The zero-order valence-corrected chi connectivity index (χ0v) is 12.2. The zero-order chi connectivity index (χ0) is 13.8. The predicted octanol–water partition coefficient (Wildman–Crippen LogP) is 5.18. The first kappa shape index (κ1) is 13.2. The molecule has 2 aromatic carbocycles. The number of benzene rings is 2. The summed E-state index contributed by atoms with van der Waals surface area (Å²) in [5.41, 5.74) is 2.33. The summed E-state index contributed by atoms with van der Waals surface area (Å²) in [5.74, 6) is 0.794. The summed E-state index contributed by atoms with van der Waals surface area (Å²) in [7, 11) is 0. The van der Waals surface area contributed by atoms with Crippen LogP contribution in [0.3, 0.4) is 0 Å². The van der Waals surface area contributed by atoms with E-state index in [1.54, 1.807) is 6.20 Å². The highest BCUT2D eigenvalue weighted by Gasteiger charge is 2.03. The Kier molecular flexibility index (Phi) is 4.00. The van der Waals surface area contributed by atoms with Crippen molar-refractivity contribution in [1.82, 2.24) is 4.98 Å². The van der Waals surface area contributed by atoms with Crippen LogP contribution in [-0.2, 0) is 6.42 Å². The van der Waals surface area contributed by atoms with Crippen LogP contribution < -0.4 is 4.74 Å². The Balaban J connectivity index is 1.72. The Labute approximate surface area is 126 Å². The van der Waals surface area contributed by atoms with Gasteiger partial charge in [0.1, 0.15) is 5.75 Å². The second-order valence-electron chi connectivity index (χ2n) is 4.31. The van der Waals surface area contributed by atoms with E-state index < -0.39 is 0 Å². The molecule has 0 N–H and O–H groups in total. The number of nitrogens with zero attached hydrogens (tertiary/aromatic N) is 1. The maximum absolute atomic E-state index is 6.17. The quantitative estimate of drug-likeness (QED) is 0.662. The summed E-state index contributed by atoms with van der Waals surface area (Å²) >= 11 is 7.64. The van der Waals surface area contributed by atoms with Crippen LogP contribution in [0, 0.1) is 0 Å². The number of halogens is 1.